The summed E-state index contributed by atoms with van der Waals surface area (Å²) in [4.78, 5) is 12.2. The molecule has 0 aromatic carbocycles. The van der Waals surface area contributed by atoms with Crippen LogP contribution in [0, 0.1) is 63.6 Å². The van der Waals surface area contributed by atoms with Crippen LogP contribution < -0.4 is 0 Å². The van der Waals surface area contributed by atoms with E-state index in [0.29, 0.717) is 39.8 Å². The van der Waals surface area contributed by atoms with Crippen molar-refractivity contribution in [2.45, 2.75) is 99.3 Å². The minimum Gasteiger partial charge on any atom is -0.300 e. The van der Waals surface area contributed by atoms with E-state index in [1.54, 1.807) is 0 Å². The van der Waals surface area contributed by atoms with E-state index >= 15 is 0 Å². The summed E-state index contributed by atoms with van der Waals surface area (Å²) in [5.74, 6) is 7.07. The topological polar surface area (TPSA) is 17.1 Å². The molecule has 0 N–H and O–H groups in total. The summed E-state index contributed by atoms with van der Waals surface area (Å²) in [5.41, 5.74) is 1.66. The van der Waals surface area contributed by atoms with Crippen molar-refractivity contribution >= 4 is 5.78 Å². The fourth-order valence-corrected chi connectivity index (χ4v) is 9.89. The van der Waals surface area contributed by atoms with E-state index in [9.17, 15) is 4.79 Å². The molecule has 0 aromatic heterocycles. The standard InChI is InChI=1S/C29H46O/c1-18(2)19(3)7-8-20(4)24-9-10-25-28(24,6)14-12-26-27(5)13-11-23(30)16-21(27)15-22-17-29(22,25)26/h7-8,18-22,24-26H,9-17H2,1-6H3/b8-7+/t19-,20+,21?,22?,24+,25?,26?,27?,28?,29?/m0/s1. The SMILES string of the molecule is CC(C)[C@@H](C)/C=C/[C@@H](C)[C@H]1CCC2C34CC3CC3CC(=O)CCC3(C)C4CCC21C. The average Bonchev–Trinajstić information content (AvgIpc) is 3.26. The molecule has 0 heterocycles. The first kappa shape index (κ1) is 21.3. The van der Waals surface area contributed by atoms with Crippen molar-refractivity contribution in [2.24, 2.45) is 63.6 Å². The molecule has 0 amide bonds. The van der Waals surface area contributed by atoms with Crippen molar-refractivity contribution in [3.05, 3.63) is 12.2 Å². The van der Waals surface area contributed by atoms with Gasteiger partial charge in [0.15, 0.2) is 0 Å². The van der Waals surface area contributed by atoms with Crippen molar-refractivity contribution in [3.8, 4) is 0 Å². The number of carbonyl (C=O) groups is 1. The van der Waals surface area contributed by atoms with Gasteiger partial charge in [-0.15, -0.1) is 0 Å². The summed E-state index contributed by atoms with van der Waals surface area (Å²) in [6.45, 7) is 14.9. The first-order chi connectivity index (χ1) is 14.1. The number of carbonyl (C=O) groups excluding carboxylic acids is 1. The summed E-state index contributed by atoms with van der Waals surface area (Å²) < 4.78 is 0. The highest BCUT2D eigenvalue weighted by molar-refractivity contribution is 5.79. The van der Waals surface area contributed by atoms with Gasteiger partial charge in [-0.2, -0.15) is 0 Å². The molecule has 1 heteroatoms. The van der Waals surface area contributed by atoms with Crippen LogP contribution in [0.5, 0.6) is 0 Å². The Morgan fingerprint density at radius 1 is 0.900 bits per heavy atom. The van der Waals surface area contributed by atoms with E-state index in [1.807, 2.05) is 0 Å². The van der Waals surface area contributed by atoms with Gasteiger partial charge in [0.05, 0.1) is 0 Å². The maximum Gasteiger partial charge on any atom is 0.133 e. The van der Waals surface area contributed by atoms with E-state index in [4.69, 9.17) is 0 Å². The Balaban J connectivity index is 1.39. The van der Waals surface area contributed by atoms with E-state index in [2.05, 4.69) is 53.7 Å². The van der Waals surface area contributed by atoms with E-state index in [1.165, 1.54) is 44.9 Å². The lowest BCUT2D eigenvalue weighted by Crippen LogP contribution is -2.55. The van der Waals surface area contributed by atoms with Gasteiger partial charge in [-0.3, -0.25) is 4.79 Å². The molecule has 0 bridgehead atoms. The average molecular weight is 411 g/mol. The lowest BCUT2D eigenvalue weighted by molar-refractivity contribution is -0.144. The predicted octanol–water partition coefficient (Wildman–Crippen LogP) is 7.70. The van der Waals surface area contributed by atoms with Crippen molar-refractivity contribution in [1.29, 1.82) is 0 Å². The van der Waals surface area contributed by atoms with E-state index in [-0.39, 0.29) is 0 Å². The Morgan fingerprint density at radius 3 is 2.37 bits per heavy atom. The number of allylic oxidation sites excluding steroid dienone is 2. The van der Waals surface area contributed by atoms with E-state index in [0.717, 1.165) is 42.4 Å². The van der Waals surface area contributed by atoms with Crippen LogP contribution in [0.2, 0.25) is 0 Å². The Hall–Kier alpha value is -0.590. The van der Waals surface area contributed by atoms with Gasteiger partial charge in [0.1, 0.15) is 5.78 Å². The molecule has 7 unspecified atom stereocenters. The minimum atomic E-state index is 0.457. The highest BCUT2D eigenvalue weighted by Crippen LogP contribution is 2.82. The van der Waals surface area contributed by atoms with Crippen molar-refractivity contribution in [2.75, 3.05) is 0 Å². The first-order valence-electron chi connectivity index (χ1n) is 13.3. The molecular formula is C29H46O. The van der Waals surface area contributed by atoms with Gasteiger partial charge in [-0.1, -0.05) is 53.7 Å². The van der Waals surface area contributed by atoms with Crippen LogP contribution in [0.4, 0.5) is 0 Å². The second-order valence-electron chi connectivity index (χ2n) is 13.4. The number of hydrogen-bond donors (Lipinski definition) is 0. The van der Waals surface area contributed by atoms with Gasteiger partial charge in [0.25, 0.3) is 0 Å². The number of Topliss-reactive ketones (excluding diaryl/α,β-unsaturated/α-hetero) is 1. The first-order valence-corrected chi connectivity index (χ1v) is 13.3. The molecule has 0 radical (unpaired) electrons. The molecule has 5 saturated carbocycles. The van der Waals surface area contributed by atoms with Crippen LogP contribution in [0.15, 0.2) is 12.2 Å². The third-order valence-electron chi connectivity index (χ3n) is 12.0. The van der Waals surface area contributed by atoms with Gasteiger partial charge in [-0.05, 0) is 109 Å². The molecule has 0 saturated heterocycles. The maximum absolute atomic E-state index is 12.2. The summed E-state index contributed by atoms with van der Waals surface area (Å²) in [5, 5.41) is 0. The highest BCUT2D eigenvalue weighted by atomic mass is 16.1. The van der Waals surface area contributed by atoms with Gasteiger partial charge in [0, 0.05) is 12.8 Å². The Labute approximate surface area is 185 Å². The van der Waals surface area contributed by atoms with Crippen molar-refractivity contribution in [1.82, 2.24) is 0 Å². The van der Waals surface area contributed by atoms with E-state index < -0.39 is 0 Å². The zero-order chi connectivity index (χ0) is 21.5. The number of rotatable bonds is 4. The second-order valence-corrected chi connectivity index (χ2v) is 13.4. The van der Waals surface area contributed by atoms with Crippen molar-refractivity contribution in [3.63, 3.8) is 0 Å². The van der Waals surface area contributed by atoms with Crippen LogP contribution in [0.3, 0.4) is 0 Å². The Morgan fingerprint density at radius 2 is 1.63 bits per heavy atom. The third kappa shape index (κ3) is 2.82. The fraction of sp³-hybridized carbons (Fsp3) is 0.897. The summed E-state index contributed by atoms with van der Waals surface area (Å²) >= 11 is 0. The number of hydrogen-bond acceptors (Lipinski definition) is 1. The molecule has 0 aromatic rings. The van der Waals surface area contributed by atoms with Gasteiger partial charge < -0.3 is 0 Å². The Bertz CT molecular complexity index is 735. The monoisotopic (exact) mass is 410 g/mol. The van der Waals surface area contributed by atoms with Gasteiger partial charge in [-0.25, -0.2) is 0 Å². The van der Waals surface area contributed by atoms with Crippen molar-refractivity contribution < 1.29 is 4.79 Å². The minimum absolute atomic E-state index is 0.457. The molecular weight excluding hydrogens is 364 g/mol. The summed E-state index contributed by atoms with van der Waals surface area (Å²) in [6.07, 6.45) is 16.7. The predicted molar refractivity (Wildman–Crippen MR) is 125 cm³/mol. The van der Waals surface area contributed by atoms with Crippen LogP contribution >= 0.6 is 0 Å². The lowest BCUT2D eigenvalue weighted by Gasteiger charge is -2.61. The van der Waals surface area contributed by atoms with Crippen LogP contribution in [-0.2, 0) is 4.79 Å². The Kier molecular flexibility index (Phi) is 4.93. The largest absolute Gasteiger partial charge is 0.300 e. The fourth-order valence-electron chi connectivity index (χ4n) is 9.89. The molecule has 5 fully saturated rings. The molecule has 5 aliphatic rings. The van der Waals surface area contributed by atoms with Crippen LogP contribution in [0.25, 0.3) is 0 Å². The number of fused-ring (bicyclic) bond motifs is 3. The summed E-state index contributed by atoms with van der Waals surface area (Å²) in [6, 6.07) is 0. The molecule has 5 rings (SSSR count). The quantitative estimate of drug-likeness (QED) is 0.434. The third-order valence-corrected chi connectivity index (χ3v) is 12.0. The van der Waals surface area contributed by atoms with Crippen LogP contribution in [-0.4, -0.2) is 5.78 Å². The molecule has 168 valence electrons. The zero-order valence-electron chi connectivity index (χ0n) is 20.5. The highest BCUT2D eigenvalue weighted by Gasteiger charge is 2.76. The maximum atomic E-state index is 12.2. The molecule has 1 nitrogen and oxygen atoms in total. The zero-order valence-corrected chi connectivity index (χ0v) is 20.5. The lowest BCUT2D eigenvalue weighted by atomic mass is 9.43. The molecule has 0 aliphatic heterocycles. The molecule has 1 spiro atoms. The van der Waals surface area contributed by atoms with Crippen LogP contribution in [0.1, 0.15) is 99.3 Å². The normalized spacial score (nSPS) is 51.8. The molecule has 30 heavy (non-hydrogen) atoms. The summed E-state index contributed by atoms with van der Waals surface area (Å²) in [7, 11) is 0. The molecule has 10 atom stereocenters. The smallest absolute Gasteiger partial charge is 0.133 e. The number of ketones is 1. The van der Waals surface area contributed by atoms with Gasteiger partial charge in [0.2, 0.25) is 0 Å². The second kappa shape index (κ2) is 6.95. The molecule has 5 aliphatic carbocycles. The van der Waals surface area contributed by atoms with Gasteiger partial charge >= 0.3 is 0 Å².